The van der Waals surface area contributed by atoms with E-state index in [0.29, 0.717) is 34.9 Å². The average Bonchev–Trinajstić information content (AvgIpc) is 2.79. The molecule has 0 bridgehead atoms. The van der Waals surface area contributed by atoms with Gasteiger partial charge in [-0.15, -0.1) is 0 Å². The quantitative estimate of drug-likeness (QED) is 0.308. The van der Waals surface area contributed by atoms with E-state index in [4.69, 9.17) is 21.3 Å². The summed E-state index contributed by atoms with van der Waals surface area (Å²) >= 11 is 6.05. The van der Waals surface area contributed by atoms with E-state index >= 15 is 0 Å². The van der Waals surface area contributed by atoms with E-state index in [2.05, 4.69) is 0 Å². The van der Waals surface area contributed by atoms with Gasteiger partial charge in [0.25, 0.3) is 5.56 Å². The second-order valence-electron chi connectivity index (χ2n) is 7.59. The maximum atomic E-state index is 13.2. The lowest BCUT2D eigenvalue weighted by Crippen LogP contribution is -2.23. The zero-order chi connectivity index (χ0) is 21.6. The molecule has 0 atom stereocenters. The lowest BCUT2D eigenvalue weighted by molar-refractivity contribution is 0.302. The molecule has 0 saturated heterocycles. The van der Waals surface area contributed by atoms with Crippen molar-refractivity contribution in [1.82, 2.24) is 9.55 Å². The average molecular weight is 433 g/mol. The Bertz CT molecular complexity index is 1230. The first kappa shape index (κ1) is 21.1. The molecule has 0 aliphatic rings. The molecule has 4 rings (SSSR count). The standard InChI is InChI=1S/C26H25ClN2O2/c1-19-9-3-6-12-24(19)31-18-8-2-7-17-29-25(20-13-15-21(27)16-14-20)28-23-11-5-4-10-22(23)26(29)30/h3-6,9-16H,2,7-8,17-18H2,1H3. The number of nitrogens with zero attached hydrogens (tertiary/aromatic N) is 2. The van der Waals surface area contributed by atoms with E-state index < -0.39 is 0 Å². The maximum Gasteiger partial charge on any atom is 0.261 e. The summed E-state index contributed by atoms with van der Waals surface area (Å²) in [6.45, 7) is 3.32. The third kappa shape index (κ3) is 4.97. The first-order chi connectivity index (χ1) is 15.1. The van der Waals surface area contributed by atoms with Gasteiger partial charge in [0.2, 0.25) is 0 Å². The fraction of sp³-hybridized carbons (Fsp3) is 0.231. The van der Waals surface area contributed by atoms with Crippen LogP contribution in [0.4, 0.5) is 0 Å². The maximum absolute atomic E-state index is 13.2. The molecule has 4 aromatic rings. The van der Waals surface area contributed by atoms with Crippen LogP contribution < -0.4 is 10.3 Å². The van der Waals surface area contributed by atoms with E-state index in [-0.39, 0.29) is 5.56 Å². The van der Waals surface area contributed by atoms with Gasteiger partial charge in [0.05, 0.1) is 17.5 Å². The van der Waals surface area contributed by atoms with Gasteiger partial charge in [-0.05, 0) is 74.2 Å². The van der Waals surface area contributed by atoms with Crippen LogP contribution in [0.2, 0.25) is 5.02 Å². The number of halogens is 1. The van der Waals surface area contributed by atoms with Gasteiger partial charge in [-0.25, -0.2) is 4.98 Å². The third-order valence-electron chi connectivity index (χ3n) is 5.34. The SMILES string of the molecule is Cc1ccccc1OCCCCCn1c(-c2ccc(Cl)cc2)nc2ccccc2c1=O. The Morgan fingerprint density at radius 2 is 1.65 bits per heavy atom. The second-order valence-corrected chi connectivity index (χ2v) is 8.03. The number of aryl methyl sites for hydroxylation is 1. The van der Waals surface area contributed by atoms with Crippen LogP contribution in [0.25, 0.3) is 22.3 Å². The van der Waals surface area contributed by atoms with E-state index in [0.717, 1.165) is 36.1 Å². The van der Waals surface area contributed by atoms with E-state index in [1.54, 1.807) is 4.57 Å². The first-order valence-electron chi connectivity index (χ1n) is 10.6. The molecule has 3 aromatic carbocycles. The summed E-state index contributed by atoms with van der Waals surface area (Å²) in [7, 11) is 0. The number of unbranched alkanes of at least 4 members (excludes halogenated alkanes) is 2. The molecule has 0 aliphatic carbocycles. The van der Waals surface area contributed by atoms with Gasteiger partial charge in [-0.3, -0.25) is 9.36 Å². The Morgan fingerprint density at radius 3 is 2.45 bits per heavy atom. The molecular weight excluding hydrogens is 408 g/mol. The van der Waals surface area contributed by atoms with Crippen molar-refractivity contribution < 1.29 is 4.74 Å². The Kier molecular flexibility index (Phi) is 6.68. The molecule has 5 heteroatoms. The number of para-hydroxylation sites is 2. The molecule has 4 nitrogen and oxygen atoms in total. The van der Waals surface area contributed by atoms with Gasteiger partial charge >= 0.3 is 0 Å². The minimum atomic E-state index is -0.00768. The van der Waals surface area contributed by atoms with Crippen LogP contribution in [0.3, 0.4) is 0 Å². The summed E-state index contributed by atoms with van der Waals surface area (Å²) in [5.74, 6) is 1.61. The van der Waals surface area contributed by atoms with Gasteiger partial charge in [0.15, 0.2) is 0 Å². The summed E-state index contributed by atoms with van der Waals surface area (Å²) in [6.07, 6.45) is 2.77. The highest BCUT2D eigenvalue weighted by Gasteiger charge is 2.12. The topological polar surface area (TPSA) is 44.1 Å². The smallest absolute Gasteiger partial charge is 0.261 e. The largest absolute Gasteiger partial charge is 0.493 e. The van der Waals surface area contributed by atoms with Gasteiger partial charge in [-0.2, -0.15) is 0 Å². The van der Waals surface area contributed by atoms with E-state index in [9.17, 15) is 4.79 Å². The summed E-state index contributed by atoms with van der Waals surface area (Å²) < 4.78 is 7.67. The van der Waals surface area contributed by atoms with Crippen molar-refractivity contribution in [2.75, 3.05) is 6.61 Å². The van der Waals surface area contributed by atoms with Crippen molar-refractivity contribution in [2.24, 2.45) is 0 Å². The Hall–Kier alpha value is -3.11. The number of ether oxygens (including phenoxy) is 1. The van der Waals surface area contributed by atoms with Crippen LogP contribution >= 0.6 is 11.6 Å². The van der Waals surface area contributed by atoms with Crippen LogP contribution in [0.1, 0.15) is 24.8 Å². The number of rotatable bonds is 8. The highest BCUT2D eigenvalue weighted by atomic mass is 35.5. The van der Waals surface area contributed by atoms with Gasteiger partial charge in [0, 0.05) is 17.1 Å². The van der Waals surface area contributed by atoms with Crippen molar-refractivity contribution in [3.8, 4) is 17.1 Å². The second kappa shape index (κ2) is 9.80. The minimum absolute atomic E-state index is 0.00768. The predicted molar refractivity (Wildman–Crippen MR) is 127 cm³/mol. The van der Waals surface area contributed by atoms with Gasteiger partial charge in [0.1, 0.15) is 11.6 Å². The highest BCUT2D eigenvalue weighted by molar-refractivity contribution is 6.30. The third-order valence-corrected chi connectivity index (χ3v) is 5.59. The van der Waals surface area contributed by atoms with Crippen molar-refractivity contribution in [1.29, 1.82) is 0 Å². The van der Waals surface area contributed by atoms with Crippen LogP contribution in [-0.2, 0) is 6.54 Å². The van der Waals surface area contributed by atoms with E-state index in [1.165, 1.54) is 0 Å². The van der Waals surface area contributed by atoms with Crippen LogP contribution in [-0.4, -0.2) is 16.2 Å². The molecule has 0 unspecified atom stereocenters. The van der Waals surface area contributed by atoms with Gasteiger partial charge < -0.3 is 4.74 Å². The molecule has 0 N–H and O–H groups in total. The Labute approximate surface area is 187 Å². The normalized spacial score (nSPS) is 11.0. The summed E-state index contributed by atoms with van der Waals surface area (Å²) in [6, 6.07) is 23.0. The van der Waals surface area contributed by atoms with Crippen molar-refractivity contribution in [2.45, 2.75) is 32.7 Å². The summed E-state index contributed by atoms with van der Waals surface area (Å²) in [5, 5.41) is 1.30. The molecule has 0 amide bonds. The van der Waals surface area contributed by atoms with Crippen molar-refractivity contribution in [3.05, 3.63) is 93.7 Å². The molecule has 31 heavy (non-hydrogen) atoms. The Balaban J connectivity index is 1.48. The minimum Gasteiger partial charge on any atom is -0.493 e. The fourth-order valence-corrected chi connectivity index (χ4v) is 3.77. The fourth-order valence-electron chi connectivity index (χ4n) is 3.64. The summed E-state index contributed by atoms with van der Waals surface area (Å²) in [5.41, 5.74) is 2.73. The van der Waals surface area contributed by atoms with Crippen molar-refractivity contribution in [3.63, 3.8) is 0 Å². The molecule has 1 heterocycles. The molecule has 0 aliphatic heterocycles. The monoisotopic (exact) mass is 432 g/mol. The number of hydrogen-bond acceptors (Lipinski definition) is 3. The molecule has 0 saturated carbocycles. The van der Waals surface area contributed by atoms with Gasteiger partial charge in [-0.1, -0.05) is 41.9 Å². The molecule has 0 fully saturated rings. The first-order valence-corrected chi connectivity index (χ1v) is 11.0. The number of fused-ring (bicyclic) bond motifs is 1. The lowest BCUT2D eigenvalue weighted by Gasteiger charge is -2.14. The van der Waals surface area contributed by atoms with E-state index in [1.807, 2.05) is 79.7 Å². The molecule has 0 spiro atoms. The zero-order valence-corrected chi connectivity index (χ0v) is 18.3. The van der Waals surface area contributed by atoms with Crippen molar-refractivity contribution >= 4 is 22.5 Å². The Morgan fingerprint density at radius 1 is 0.903 bits per heavy atom. The molecular formula is C26H25ClN2O2. The van der Waals surface area contributed by atoms with Crippen LogP contribution in [0, 0.1) is 6.92 Å². The molecule has 158 valence electrons. The van der Waals surface area contributed by atoms with Crippen LogP contribution in [0.5, 0.6) is 5.75 Å². The summed E-state index contributed by atoms with van der Waals surface area (Å²) in [4.78, 5) is 18.0. The molecule has 1 aromatic heterocycles. The lowest BCUT2D eigenvalue weighted by atomic mass is 10.1. The predicted octanol–water partition coefficient (Wildman–Crippen LogP) is 6.27. The van der Waals surface area contributed by atoms with Crippen LogP contribution in [0.15, 0.2) is 77.6 Å². The zero-order valence-electron chi connectivity index (χ0n) is 17.6. The number of benzene rings is 3. The number of aromatic nitrogens is 2. The number of hydrogen-bond donors (Lipinski definition) is 0. The molecule has 0 radical (unpaired) electrons. The highest BCUT2D eigenvalue weighted by Crippen LogP contribution is 2.22.